The lowest BCUT2D eigenvalue weighted by molar-refractivity contribution is 0.755. The third kappa shape index (κ3) is 2.89. The van der Waals surface area contributed by atoms with E-state index in [0.29, 0.717) is 12.5 Å². The van der Waals surface area contributed by atoms with E-state index in [4.69, 9.17) is 0 Å². The molecule has 1 heterocycles. The summed E-state index contributed by atoms with van der Waals surface area (Å²) in [5.41, 5.74) is 3.55. The lowest BCUT2D eigenvalue weighted by Gasteiger charge is -2.09. The zero-order chi connectivity index (χ0) is 13.1. The van der Waals surface area contributed by atoms with Gasteiger partial charge in [0.2, 0.25) is 0 Å². The maximum absolute atomic E-state index is 11.8. The minimum Gasteiger partial charge on any atom is -0.311 e. The van der Waals surface area contributed by atoms with E-state index in [1.165, 1.54) is 5.56 Å². The summed E-state index contributed by atoms with van der Waals surface area (Å²) >= 11 is 0. The Kier molecular flexibility index (Phi) is 3.66. The van der Waals surface area contributed by atoms with E-state index in [1.807, 2.05) is 19.2 Å². The zero-order valence-corrected chi connectivity index (χ0v) is 11.2. The quantitative estimate of drug-likeness (QED) is 0.808. The summed E-state index contributed by atoms with van der Waals surface area (Å²) in [6, 6.07) is 12.1. The average Bonchev–Trinajstić information content (AvgIpc) is 2.33. The molecule has 94 valence electrons. The number of benzene rings is 1. The number of hydrogen-bond acceptors (Lipinski definition) is 1. The minimum atomic E-state index is 0.0583. The molecule has 0 fully saturated rings. The molecule has 0 radical (unpaired) electrons. The second kappa shape index (κ2) is 5.21. The van der Waals surface area contributed by atoms with Crippen molar-refractivity contribution in [2.75, 3.05) is 0 Å². The van der Waals surface area contributed by atoms with Crippen LogP contribution < -0.4 is 5.56 Å². The molecule has 2 nitrogen and oxygen atoms in total. The number of aromatic nitrogens is 1. The summed E-state index contributed by atoms with van der Waals surface area (Å²) in [5, 5.41) is 0. The first-order valence-corrected chi connectivity index (χ1v) is 6.32. The molecule has 18 heavy (non-hydrogen) atoms. The Labute approximate surface area is 108 Å². The van der Waals surface area contributed by atoms with Gasteiger partial charge in [0.05, 0.1) is 6.54 Å². The fourth-order valence-electron chi connectivity index (χ4n) is 1.94. The highest BCUT2D eigenvalue weighted by atomic mass is 16.1. The predicted octanol–water partition coefficient (Wildman–Crippen LogP) is 3.33. The summed E-state index contributed by atoms with van der Waals surface area (Å²) in [6.07, 6.45) is 1.86. The van der Waals surface area contributed by atoms with Crippen molar-refractivity contribution in [3.8, 4) is 0 Å². The Morgan fingerprint density at radius 1 is 1.11 bits per heavy atom. The van der Waals surface area contributed by atoms with Gasteiger partial charge in [-0.05, 0) is 35.6 Å². The van der Waals surface area contributed by atoms with Crippen molar-refractivity contribution in [3.05, 3.63) is 69.6 Å². The highest BCUT2D eigenvalue weighted by molar-refractivity contribution is 5.25. The van der Waals surface area contributed by atoms with Crippen molar-refractivity contribution < 1.29 is 0 Å². The summed E-state index contributed by atoms with van der Waals surface area (Å²) < 4.78 is 1.73. The molecule has 0 aliphatic rings. The molecular formula is C16H19NO. The van der Waals surface area contributed by atoms with Gasteiger partial charge >= 0.3 is 0 Å². The van der Waals surface area contributed by atoms with E-state index >= 15 is 0 Å². The van der Waals surface area contributed by atoms with E-state index in [1.54, 1.807) is 10.6 Å². The van der Waals surface area contributed by atoms with Gasteiger partial charge in [0.1, 0.15) is 0 Å². The Bertz CT molecular complexity index is 579. The summed E-state index contributed by atoms with van der Waals surface area (Å²) in [6.45, 7) is 6.93. The van der Waals surface area contributed by atoms with Gasteiger partial charge < -0.3 is 4.57 Å². The summed E-state index contributed by atoms with van der Waals surface area (Å²) in [4.78, 5) is 11.8. The van der Waals surface area contributed by atoms with Crippen LogP contribution in [0.25, 0.3) is 0 Å². The molecule has 0 bridgehead atoms. The predicted molar refractivity (Wildman–Crippen MR) is 75.1 cm³/mol. The van der Waals surface area contributed by atoms with E-state index in [2.05, 4.69) is 38.1 Å². The molecule has 0 spiro atoms. The average molecular weight is 241 g/mol. The molecule has 0 saturated carbocycles. The first-order chi connectivity index (χ1) is 8.56. The maximum atomic E-state index is 11.8. The van der Waals surface area contributed by atoms with Crippen LogP contribution in [0.1, 0.15) is 36.5 Å². The molecule has 0 amide bonds. The van der Waals surface area contributed by atoms with Gasteiger partial charge in [0.15, 0.2) is 0 Å². The first kappa shape index (κ1) is 12.6. The number of aryl methyl sites for hydroxylation is 1. The van der Waals surface area contributed by atoms with E-state index in [-0.39, 0.29) is 5.56 Å². The molecule has 0 N–H and O–H groups in total. The smallest absolute Gasteiger partial charge is 0.251 e. The van der Waals surface area contributed by atoms with Crippen molar-refractivity contribution in [3.63, 3.8) is 0 Å². The van der Waals surface area contributed by atoms with Crippen molar-refractivity contribution in [1.29, 1.82) is 0 Å². The third-order valence-corrected chi connectivity index (χ3v) is 3.15. The molecule has 2 heteroatoms. The van der Waals surface area contributed by atoms with Crippen LogP contribution in [0.3, 0.4) is 0 Å². The summed E-state index contributed by atoms with van der Waals surface area (Å²) in [7, 11) is 0. The van der Waals surface area contributed by atoms with Gasteiger partial charge in [-0.25, -0.2) is 0 Å². The molecule has 2 aromatic rings. The zero-order valence-electron chi connectivity index (χ0n) is 11.2. The Morgan fingerprint density at radius 3 is 2.33 bits per heavy atom. The fraction of sp³-hybridized carbons (Fsp3) is 0.312. The van der Waals surface area contributed by atoms with Crippen LogP contribution in [-0.2, 0) is 6.54 Å². The van der Waals surface area contributed by atoms with E-state index in [9.17, 15) is 4.79 Å². The molecular weight excluding hydrogens is 222 g/mol. The van der Waals surface area contributed by atoms with Crippen LogP contribution in [0.2, 0.25) is 0 Å². The highest BCUT2D eigenvalue weighted by Crippen LogP contribution is 2.14. The van der Waals surface area contributed by atoms with Gasteiger partial charge in [-0.1, -0.05) is 38.1 Å². The van der Waals surface area contributed by atoms with E-state index < -0.39 is 0 Å². The molecule has 2 rings (SSSR count). The fourth-order valence-corrected chi connectivity index (χ4v) is 1.94. The van der Waals surface area contributed by atoms with Crippen LogP contribution in [0, 0.1) is 6.92 Å². The number of nitrogens with zero attached hydrogens (tertiary/aromatic N) is 1. The van der Waals surface area contributed by atoms with Gasteiger partial charge in [-0.15, -0.1) is 0 Å². The highest BCUT2D eigenvalue weighted by Gasteiger charge is 2.01. The van der Waals surface area contributed by atoms with E-state index in [0.717, 1.165) is 11.1 Å². The van der Waals surface area contributed by atoms with Gasteiger partial charge in [-0.2, -0.15) is 0 Å². The van der Waals surface area contributed by atoms with Gasteiger partial charge in [0, 0.05) is 12.3 Å². The number of hydrogen-bond donors (Lipinski definition) is 0. The maximum Gasteiger partial charge on any atom is 0.251 e. The summed E-state index contributed by atoms with van der Waals surface area (Å²) in [5.74, 6) is 0.543. The molecule has 1 aromatic heterocycles. The second-order valence-corrected chi connectivity index (χ2v) is 5.07. The SMILES string of the molecule is Cc1ccn(Cc2ccc(C(C)C)cc2)c(=O)c1. The Morgan fingerprint density at radius 2 is 1.78 bits per heavy atom. The van der Waals surface area contributed by atoms with Crippen molar-refractivity contribution >= 4 is 0 Å². The van der Waals surface area contributed by atoms with Crippen LogP contribution in [0.4, 0.5) is 0 Å². The van der Waals surface area contributed by atoms with Crippen molar-refractivity contribution in [1.82, 2.24) is 4.57 Å². The number of rotatable bonds is 3. The lowest BCUT2D eigenvalue weighted by Crippen LogP contribution is -2.19. The molecule has 0 saturated heterocycles. The lowest BCUT2D eigenvalue weighted by atomic mass is 10.0. The molecule has 0 unspecified atom stereocenters. The van der Waals surface area contributed by atoms with Crippen LogP contribution >= 0.6 is 0 Å². The third-order valence-electron chi connectivity index (χ3n) is 3.15. The monoisotopic (exact) mass is 241 g/mol. The largest absolute Gasteiger partial charge is 0.311 e. The standard InChI is InChI=1S/C16H19NO/c1-12(2)15-6-4-14(5-7-15)11-17-9-8-13(3)10-16(17)18/h4-10,12H,11H2,1-3H3. The first-order valence-electron chi connectivity index (χ1n) is 6.32. The molecule has 0 aliphatic heterocycles. The van der Waals surface area contributed by atoms with Gasteiger partial charge in [-0.3, -0.25) is 4.79 Å². The minimum absolute atomic E-state index is 0.0583. The molecule has 0 atom stereocenters. The Hall–Kier alpha value is -1.83. The van der Waals surface area contributed by atoms with Crippen molar-refractivity contribution in [2.24, 2.45) is 0 Å². The van der Waals surface area contributed by atoms with Crippen LogP contribution in [-0.4, -0.2) is 4.57 Å². The van der Waals surface area contributed by atoms with Gasteiger partial charge in [0.25, 0.3) is 5.56 Å². The van der Waals surface area contributed by atoms with Crippen molar-refractivity contribution in [2.45, 2.75) is 33.2 Å². The molecule has 0 aliphatic carbocycles. The van der Waals surface area contributed by atoms with Crippen LogP contribution in [0.15, 0.2) is 47.4 Å². The van der Waals surface area contributed by atoms with Crippen LogP contribution in [0.5, 0.6) is 0 Å². The normalized spacial score (nSPS) is 10.9. The molecule has 1 aromatic carbocycles. The topological polar surface area (TPSA) is 22.0 Å². The Balaban J connectivity index is 2.21. The number of pyridine rings is 1. The second-order valence-electron chi connectivity index (χ2n) is 5.07.